The molecule has 0 radical (unpaired) electrons. The van der Waals surface area contributed by atoms with Gasteiger partial charge in [-0.2, -0.15) is 0 Å². The van der Waals surface area contributed by atoms with Crippen molar-refractivity contribution in [1.29, 1.82) is 0 Å². The van der Waals surface area contributed by atoms with Crippen LogP contribution in [0.15, 0.2) is 0 Å². The van der Waals surface area contributed by atoms with Gasteiger partial charge < -0.3 is 5.73 Å². The zero-order valence-electron chi connectivity index (χ0n) is 12.7. The second-order valence-electron chi connectivity index (χ2n) is 8.46. The first-order valence-electron chi connectivity index (χ1n) is 7.02. The van der Waals surface area contributed by atoms with Crippen LogP contribution in [-0.2, 0) is 0 Å². The molecular weight excluding hydrogens is 208 g/mol. The molecule has 2 nitrogen and oxygen atoms in total. The van der Waals surface area contributed by atoms with Crippen LogP contribution in [0.1, 0.15) is 54.9 Å². The maximum absolute atomic E-state index is 6.10. The smallest absolute Gasteiger partial charge is 0.0198 e. The van der Waals surface area contributed by atoms with Crippen LogP contribution in [0, 0.1) is 16.7 Å². The van der Waals surface area contributed by atoms with Gasteiger partial charge in [-0.05, 0) is 50.5 Å². The summed E-state index contributed by atoms with van der Waals surface area (Å²) in [5, 5.41) is 0. The van der Waals surface area contributed by atoms with Crippen LogP contribution in [0.4, 0.5) is 0 Å². The molecule has 2 aliphatic rings. The van der Waals surface area contributed by atoms with Crippen LogP contribution in [0.2, 0.25) is 0 Å². The van der Waals surface area contributed by atoms with Crippen molar-refractivity contribution in [2.45, 2.75) is 72.5 Å². The number of hydrogen-bond acceptors (Lipinski definition) is 2. The third kappa shape index (κ3) is 1.84. The zero-order valence-corrected chi connectivity index (χ0v) is 12.7. The predicted molar refractivity (Wildman–Crippen MR) is 73.9 cm³/mol. The molecule has 0 spiro atoms. The van der Waals surface area contributed by atoms with E-state index < -0.39 is 0 Å². The van der Waals surface area contributed by atoms with E-state index in [4.69, 9.17) is 5.73 Å². The third-order valence-corrected chi connectivity index (χ3v) is 5.01. The Morgan fingerprint density at radius 3 is 2.06 bits per heavy atom. The Morgan fingerprint density at radius 1 is 1.18 bits per heavy atom. The summed E-state index contributed by atoms with van der Waals surface area (Å²) < 4.78 is 0. The zero-order chi connectivity index (χ0) is 13.2. The Morgan fingerprint density at radius 2 is 1.71 bits per heavy atom. The summed E-state index contributed by atoms with van der Waals surface area (Å²) in [4.78, 5) is 2.77. The van der Waals surface area contributed by atoms with E-state index in [9.17, 15) is 0 Å². The number of hydrogen-bond donors (Lipinski definition) is 1. The lowest BCUT2D eigenvalue weighted by Gasteiger charge is -2.47. The molecule has 0 aromatic carbocycles. The highest BCUT2D eigenvalue weighted by Crippen LogP contribution is 2.66. The molecule has 0 aromatic heterocycles. The lowest BCUT2D eigenvalue weighted by molar-refractivity contribution is 0.0146. The van der Waals surface area contributed by atoms with Crippen LogP contribution in [0.3, 0.4) is 0 Å². The maximum atomic E-state index is 6.10. The summed E-state index contributed by atoms with van der Waals surface area (Å²) >= 11 is 0. The fraction of sp³-hybridized carbons (Fsp3) is 1.00. The van der Waals surface area contributed by atoms with Gasteiger partial charge in [0.05, 0.1) is 0 Å². The molecule has 100 valence electrons. The van der Waals surface area contributed by atoms with Gasteiger partial charge in [0.15, 0.2) is 0 Å². The van der Waals surface area contributed by atoms with E-state index >= 15 is 0 Å². The van der Waals surface area contributed by atoms with Crippen molar-refractivity contribution < 1.29 is 0 Å². The molecule has 2 unspecified atom stereocenters. The summed E-state index contributed by atoms with van der Waals surface area (Å²) in [5.74, 6) is 0.659. The van der Waals surface area contributed by atoms with Gasteiger partial charge in [0.25, 0.3) is 0 Å². The number of piperidine rings is 1. The Bertz CT molecular complexity index is 310. The van der Waals surface area contributed by atoms with E-state index in [0.717, 1.165) is 12.6 Å². The predicted octanol–water partition coefficient (Wildman–Crippen LogP) is 2.87. The molecule has 2 heteroatoms. The van der Waals surface area contributed by atoms with Gasteiger partial charge in [-0.1, -0.05) is 27.7 Å². The van der Waals surface area contributed by atoms with Crippen molar-refractivity contribution in [1.82, 2.24) is 4.90 Å². The van der Waals surface area contributed by atoms with Crippen LogP contribution >= 0.6 is 0 Å². The summed E-state index contributed by atoms with van der Waals surface area (Å²) in [6.45, 7) is 17.4. The summed E-state index contributed by atoms with van der Waals surface area (Å²) in [7, 11) is 0. The van der Waals surface area contributed by atoms with Crippen molar-refractivity contribution in [2.24, 2.45) is 22.5 Å². The van der Waals surface area contributed by atoms with Gasteiger partial charge >= 0.3 is 0 Å². The molecule has 2 fully saturated rings. The van der Waals surface area contributed by atoms with Gasteiger partial charge in [-0.25, -0.2) is 0 Å². The molecule has 0 aromatic rings. The molecule has 1 saturated carbocycles. The lowest BCUT2D eigenvalue weighted by Crippen LogP contribution is -2.55. The molecule has 4 atom stereocenters. The molecular formula is C15H30N2. The molecule has 2 N–H and O–H groups in total. The van der Waals surface area contributed by atoms with Crippen molar-refractivity contribution in [3.05, 3.63) is 0 Å². The molecule has 1 saturated heterocycles. The fourth-order valence-electron chi connectivity index (χ4n) is 4.22. The van der Waals surface area contributed by atoms with E-state index in [1.54, 1.807) is 0 Å². The van der Waals surface area contributed by atoms with Gasteiger partial charge in [0.2, 0.25) is 0 Å². The van der Waals surface area contributed by atoms with Crippen molar-refractivity contribution in [3.8, 4) is 0 Å². The normalized spacial score (nSPS) is 42.7. The van der Waals surface area contributed by atoms with E-state index in [1.807, 2.05) is 0 Å². The summed E-state index contributed by atoms with van der Waals surface area (Å²) in [5.41, 5.74) is 7.16. The molecule has 1 aliphatic carbocycles. The van der Waals surface area contributed by atoms with Crippen molar-refractivity contribution in [3.63, 3.8) is 0 Å². The largest absolute Gasteiger partial charge is 0.330 e. The topological polar surface area (TPSA) is 29.3 Å². The number of likely N-dealkylation sites (tertiary alicyclic amines) is 1. The minimum absolute atomic E-state index is 0.254. The Labute approximate surface area is 107 Å². The average Bonchev–Trinajstić information content (AvgIpc) is 2.67. The van der Waals surface area contributed by atoms with Gasteiger partial charge in [-0.3, -0.25) is 4.90 Å². The molecule has 17 heavy (non-hydrogen) atoms. The number of fused-ring (bicyclic) bond motifs is 1. The van der Waals surface area contributed by atoms with E-state index in [2.05, 4.69) is 53.4 Å². The van der Waals surface area contributed by atoms with Gasteiger partial charge in [-0.15, -0.1) is 0 Å². The first-order valence-corrected chi connectivity index (χ1v) is 7.02. The van der Waals surface area contributed by atoms with Gasteiger partial charge in [0.1, 0.15) is 0 Å². The molecule has 1 aliphatic heterocycles. The van der Waals surface area contributed by atoms with Crippen LogP contribution < -0.4 is 5.73 Å². The highest BCUT2D eigenvalue weighted by molar-refractivity contribution is 5.22. The molecule has 2 rings (SSSR count). The minimum Gasteiger partial charge on any atom is -0.330 e. The maximum Gasteiger partial charge on any atom is 0.0198 e. The highest BCUT2D eigenvalue weighted by atomic mass is 15.3. The fourth-order valence-corrected chi connectivity index (χ4v) is 4.22. The minimum atomic E-state index is 0.254. The second-order valence-corrected chi connectivity index (χ2v) is 8.46. The third-order valence-electron chi connectivity index (χ3n) is 5.01. The second kappa shape index (κ2) is 3.48. The Hall–Kier alpha value is -0.0800. The summed E-state index contributed by atoms with van der Waals surface area (Å²) in [6, 6.07) is 1.39. The van der Waals surface area contributed by atoms with E-state index in [1.165, 1.54) is 6.42 Å². The van der Waals surface area contributed by atoms with Crippen LogP contribution in [0.5, 0.6) is 0 Å². The van der Waals surface area contributed by atoms with E-state index in [0.29, 0.717) is 22.8 Å². The first kappa shape index (κ1) is 13.4. The number of rotatable bonds is 1. The molecule has 0 amide bonds. The van der Waals surface area contributed by atoms with E-state index in [-0.39, 0.29) is 5.54 Å². The Balaban J connectivity index is 2.39. The standard InChI is InChI=1S/C15H30N2/c1-13(2,3)12-10(9-16)15(7)8-11(15)17(12)14(4,5)6/h10-12H,8-9,16H2,1-7H3/t10?,11?,12-,15+/m0/s1. The SMILES string of the molecule is CC(C)(C)[C@@H]1C(CN)[C@@]2(C)CC2N1C(C)(C)C. The average molecular weight is 238 g/mol. The monoisotopic (exact) mass is 238 g/mol. The number of nitrogens with two attached hydrogens (primary N) is 1. The highest BCUT2D eigenvalue weighted by Gasteiger charge is 2.69. The van der Waals surface area contributed by atoms with Crippen molar-refractivity contribution >= 4 is 0 Å². The first-order chi connectivity index (χ1) is 7.53. The quantitative estimate of drug-likeness (QED) is 0.761. The van der Waals surface area contributed by atoms with Crippen LogP contribution in [-0.4, -0.2) is 29.1 Å². The molecule has 1 heterocycles. The van der Waals surface area contributed by atoms with Crippen molar-refractivity contribution in [2.75, 3.05) is 6.54 Å². The molecule has 0 bridgehead atoms. The summed E-state index contributed by atoms with van der Waals surface area (Å²) in [6.07, 6.45) is 1.35. The van der Waals surface area contributed by atoms with Crippen LogP contribution in [0.25, 0.3) is 0 Å². The van der Waals surface area contributed by atoms with Gasteiger partial charge in [0, 0.05) is 17.6 Å². The Kier molecular flexibility index (Phi) is 2.73. The lowest BCUT2D eigenvalue weighted by atomic mass is 9.73. The number of nitrogens with zero attached hydrogens (tertiary/aromatic N) is 1.